The van der Waals surface area contributed by atoms with Crippen molar-refractivity contribution in [2.24, 2.45) is 5.92 Å². The van der Waals surface area contributed by atoms with Crippen LogP contribution < -0.4 is 21.9 Å². The molecule has 2 aromatic rings. The average Bonchev–Trinajstić information content (AvgIpc) is 2.60. The number of nitrogens with one attached hydrogen (secondary N) is 3. The first kappa shape index (κ1) is 21.1. The molecule has 0 saturated heterocycles. The maximum absolute atomic E-state index is 14.1. The first-order valence-electron chi connectivity index (χ1n) is 8.10. The van der Waals surface area contributed by atoms with Gasteiger partial charge in [0, 0.05) is 11.8 Å². The number of H-pyrrole nitrogens is 1. The van der Waals surface area contributed by atoms with Crippen molar-refractivity contribution in [3.05, 3.63) is 34.6 Å². The number of nitrogen functional groups attached to an aromatic ring is 1. The Balaban J connectivity index is 2.28. The predicted octanol–water partition coefficient (Wildman–Crippen LogP) is 1.67. The van der Waals surface area contributed by atoms with E-state index in [1.165, 1.54) is 12.3 Å². The number of halogens is 4. The van der Waals surface area contributed by atoms with Crippen molar-refractivity contribution in [2.75, 3.05) is 17.6 Å². The predicted molar refractivity (Wildman–Crippen MR) is 93.8 cm³/mol. The van der Waals surface area contributed by atoms with Gasteiger partial charge < -0.3 is 21.4 Å². The summed E-state index contributed by atoms with van der Waals surface area (Å²) in [5, 5.41) is 4.27. The molecule has 0 aromatic carbocycles. The molecule has 0 spiro atoms. The van der Waals surface area contributed by atoms with Gasteiger partial charge in [-0.15, -0.1) is 0 Å². The molecule has 152 valence electrons. The fourth-order valence-electron chi connectivity index (χ4n) is 2.22. The van der Waals surface area contributed by atoms with E-state index in [-0.39, 0.29) is 22.9 Å². The number of carbonyl (C=O) groups is 1. The second kappa shape index (κ2) is 8.23. The van der Waals surface area contributed by atoms with Gasteiger partial charge in [0.15, 0.2) is 17.5 Å². The first-order valence-corrected chi connectivity index (χ1v) is 8.10. The van der Waals surface area contributed by atoms with Crippen LogP contribution in [0.5, 0.6) is 0 Å². The highest BCUT2D eigenvalue weighted by atomic mass is 19.4. The normalized spacial score (nSPS) is 12.7. The molecule has 2 rings (SSSR count). The molecule has 0 radical (unpaired) electrons. The number of alkyl halides is 3. The van der Waals surface area contributed by atoms with E-state index in [9.17, 15) is 27.2 Å². The molecule has 12 heteroatoms. The van der Waals surface area contributed by atoms with Gasteiger partial charge >= 0.3 is 6.18 Å². The van der Waals surface area contributed by atoms with Crippen molar-refractivity contribution in [1.29, 1.82) is 0 Å². The van der Waals surface area contributed by atoms with Crippen LogP contribution in [0.25, 0.3) is 11.4 Å². The van der Waals surface area contributed by atoms with Gasteiger partial charge in [0.25, 0.3) is 5.56 Å². The van der Waals surface area contributed by atoms with Crippen LogP contribution in [0.2, 0.25) is 0 Å². The van der Waals surface area contributed by atoms with Crippen LogP contribution in [0, 0.1) is 11.7 Å². The summed E-state index contributed by atoms with van der Waals surface area (Å²) >= 11 is 0. The monoisotopic (exact) mass is 402 g/mol. The number of aromatic amines is 1. The summed E-state index contributed by atoms with van der Waals surface area (Å²) in [7, 11) is 0. The first-order chi connectivity index (χ1) is 13.0. The van der Waals surface area contributed by atoms with Gasteiger partial charge in [0.2, 0.25) is 5.91 Å². The molecular weight excluding hydrogens is 384 g/mol. The van der Waals surface area contributed by atoms with Gasteiger partial charge in [-0.2, -0.15) is 13.2 Å². The van der Waals surface area contributed by atoms with Crippen LogP contribution in [0.4, 0.5) is 29.1 Å². The second-order valence-electron chi connectivity index (χ2n) is 6.26. The highest BCUT2D eigenvalue weighted by molar-refractivity contribution is 5.84. The molecule has 0 aliphatic carbocycles. The van der Waals surface area contributed by atoms with Gasteiger partial charge in [-0.1, -0.05) is 13.8 Å². The molecule has 0 fully saturated rings. The molecule has 0 aliphatic heterocycles. The molecule has 2 aromatic heterocycles. The van der Waals surface area contributed by atoms with Crippen molar-refractivity contribution in [3.63, 3.8) is 0 Å². The standard InChI is InChI=1S/C16H18F4N6O2/c1-7(2)11(15(28)24-6-16(18,19)20)25-13-9(17)5-22-12(26-13)8-3-10(21)14(27)23-4-8/h3-5,7,11H,6,21H2,1-2H3,(H,23,27)(H,24,28)(H,22,25,26)/t11-/m1/s1. The van der Waals surface area contributed by atoms with E-state index in [4.69, 9.17) is 5.73 Å². The minimum Gasteiger partial charge on any atom is -0.394 e. The largest absolute Gasteiger partial charge is 0.405 e. The van der Waals surface area contributed by atoms with E-state index in [0.29, 0.717) is 0 Å². The summed E-state index contributed by atoms with van der Waals surface area (Å²) in [6.07, 6.45) is -2.47. The molecule has 0 saturated carbocycles. The lowest BCUT2D eigenvalue weighted by Crippen LogP contribution is -2.46. The molecule has 0 aliphatic rings. The van der Waals surface area contributed by atoms with Crippen molar-refractivity contribution >= 4 is 17.4 Å². The van der Waals surface area contributed by atoms with E-state index in [1.54, 1.807) is 19.2 Å². The van der Waals surface area contributed by atoms with Crippen molar-refractivity contribution < 1.29 is 22.4 Å². The summed E-state index contributed by atoms with van der Waals surface area (Å²) in [6, 6.07) is 0.103. The fourth-order valence-corrected chi connectivity index (χ4v) is 2.22. The topological polar surface area (TPSA) is 126 Å². The Hall–Kier alpha value is -3.18. The Morgan fingerprint density at radius 2 is 2.04 bits per heavy atom. The van der Waals surface area contributed by atoms with Crippen molar-refractivity contribution in [1.82, 2.24) is 20.3 Å². The molecular formula is C16H18F4N6O2. The molecule has 1 amide bonds. The van der Waals surface area contributed by atoms with Crippen molar-refractivity contribution in [3.8, 4) is 11.4 Å². The SMILES string of the molecule is CC(C)[C@@H](Nc1nc(-c2c[nH]c(=O)c(N)c2)ncc1F)C(=O)NCC(F)(F)F. The number of nitrogens with zero attached hydrogens (tertiary/aromatic N) is 2. The number of pyridine rings is 1. The van der Waals surface area contributed by atoms with Gasteiger partial charge in [0.1, 0.15) is 12.6 Å². The highest BCUT2D eigenvalue weighted by Gasteiger charge is 2.31. The Morgan fingerprint density at radius 1 is 1.36 bits per heavy atom. The van der Waals surface area contributed by atoms with E-state index in [0.717, 1.165) is 6.20 Å². The van der Waals surface area contributed by atoms with Crippen LogP contribution >= 0.6 is 0 Å². The summed E-state index contributed by atoms with van der Waals surface area (Å²) in [5.41, 5.74) is 5.17. The van der Waals surface area contributed by atoms with E-state index in [1.807, 2.05) is 0 Å². The molecule has 5 N–H and O–H groups in total. The second-order valence-corrected chi connectivity index (χ2v) is 6.26. The van der Waals surface area contributed by atoms with Gasteiger partial charge in [-0.05, 0) is 12.0 Å². The van der Waals surface area contributed by atoms with Crippen LogP contribution in [-0.4, -0.2) is 39.6 Å². The number of amides is 1. The van der Waals surface area contributed by atoms with E-state index >= 15 is 0 Å². The molecule has 28 heavy (non-hydrogen) atoms. The lowest BCUT2D eigenvalue weighted by molar-refractivity contribution is -0.139. The summed E-state index contributed by atoms with van der Waals surface area (Å²) in [6.45, 7) is 1.64. The van der Waals surface area contributed by atoms with E-state index in [2.05, 4.69) is 20.3 Å². The summed E-state index contributed by atoms with van der Waals surface area (Å²) in [4.78, 5) is 33.5. The minimum absolute atomic E-state index is 0.00921. The Labute approximate surface area is 156 Å². The molecule has 2 heterocycles. The van der Waals surface area contributed by atoms with Crippen LogP contribution in [-0.2, 0) is 4.79 Å². The van der Waals surface area contributed by atoms with Gasteiger partial charge in [0.05, 0.1) is 11.9 Å². The number of nitrogens with two attached hydrogens (primary N) is 1. The zero-order chi connectivity index (χ0) is 21.1. The van der Waals surface area contributed by atoms with Crippen molar-refractivity contribution in [2.45, 2.75) is 26.1 Å². The third-order valence-corrected chi connectivity index (χ3v) is 3.64. The minimum atomic E-state index is -4.57. The maximum atomic E-state index is 14.1. The Bertz CT molecular complexity index is 913. The Morgan fingerprint density at radius 3 is 2.61 bits per heavy atom. The quantitative estimate of drug-likeness (QED) is 0.545. The zero-order valence-corrected chi connectivity index (χ0v) is 14.9. The van der Waals surface area contributed by atoms with Crippen LogP contribution in [0.1, 0.15) is 13.8 Å². The van der Waals surface area contributed by atoms with Gasteiger partial charge in [-0.25, -0.2) is 14.4 Å². The zero-order valence-electron chi connectivity index (χ0n) is 14.9. The summed E-state index contributed by atoms with van der Waals surface area (Å²) < 4.78 is 51.1. The smallest absolute Gasteiger partial charge is 0.394 e. The Kier molecular flexibility index (Phi) is 6.21. The summed E-state index contributed by atoms with van der Waals surface area (Å²) in [5.74, 6) is -2.73. The number of anilines is 2. The molecule has 1 atom stereocenters. The third-order valence-electron chi connectivity index (χ3n) is 3.64. The number of hydrogen-bond acceptors (Lipinski definition) is 6. The van der Waals surface area contributed by atoms with Gasteiger partial charge in [-0.3, -0.25) is 9.59 Å². The lowest BCUT2D eigenvalue weighted by Gasteiger charge is -2.23. The average molecular weight is 402 g/mol. The number of aromatic nitrogens is 3. The highest BCUT2D eigenvalue weighted by Crippen LogP contribution is 2.20. The number of hydrogen-bond donors (Lipinski definition) is 4. The fraction of sp³-hybridized carbons (Fsp3) is 0.375. The third kappa shape index (κ3) is 5.41. The number of rotatable bonds is 6. The van der Waals surface area contributed by atoms with Crippen LogP contribution in [0.3, 0.4) is 0 Å². The van der Waals surface area contributed by atoms with Crippen LogP contribution in [0.15, 0.2) is 23.3 Å². The lowest BCUT2D eigenvalue weighted by atomic mass is 10.0. The molecule has 0 bridgehead atoms. The maximum Gasteiger partial charge on any atom is 0.405 e. The van der Waals surface area contributed by atoms with E-state index < -0.39 is 42.0 Å². The molecule has 0 unspecified atom stereocenters. The number of carbonyl (C=O) groups excluding carboxylic acids is 1. The molecule has 8 nitrogen and oxygen atoms in total.